The van der Waals surface area contributed by atoms with Gasteiger partial charge in [-0.15, -0.1) is 0 Å². The molecule has 0 atom stereocenters. The van der Waals surface area contributed by atoms with E-state index in [0.29, 0.717) is 11.2 Å². The van der Waals surface area contributed by atoms with Crippen LogP contribution in [-0.4, -0.2) is 45.1 Å². The molecular weight excluding hydrogens is 368 g/mol. The van der Waals surface area contributed by atoms with Crippen LogP contribution in [0, 0.1) is 5.82 Å². The largest absolute Gasteiger partial charge is 0.405 e. The zero-order chi connectivity index (χ0) is 19.4. The number of carbonyl (C=O) groups is 1. The predicted octanol–water partition coefficient (Wildman–Crippen LogP) is 2.64. The number of rotatable bonds is 6. The van der Waals surface area contributed by atoms with Crippen LogP contribution in [0.5, 0.6) is 0 Å². The van der Waals surface area contributed by atoms with Crippen molar-refractivity contribution in [1.82, 2.24) is 25.3 Å². The lowest BCUT2D eigenvalue weighted by molar-refractivity contribution is -0.138. The Morgan fingerprint density at radius 2 is 2.04 bits per heavy atom. The molecule has 0 bridgehead atoms. The van der Waals surface area contributed by atoms with E-state index in [9.17, 15) is 22.4 Å². The van der Waals surface area contributed by atoms with Crippen molar-refractivity contribution in [3.05, 3.63) is 36.5 Å². The molecule has 0 saturated carbocycles. The maximum atomic E-state index is 13.9. The molecule has 0 saturated heterocycles. The van der Waals surface area contributed by atoms with Gasteiger partial charge in [0.25, 0.3) is 0 Å². The van der Waals surface area contributed by atoms with Crippen LogP contribution in [0.3, 0.4) is 0 Å². The molecule has 0 radical (unpaired) electrons. The summed E-state index contributed by atoms with van der Waals surface area (Å²) in [5.74, 6) is -1.46. The number of carbonyl (C=O) groups excluding carboxylic acids is 1. The highest BCUT2D eigenvalue weighted by Gasteiger charge is 2.27. The fourth-order valence-corrected chi connectivity index (χ4v) is 2.36. The Morgan fingerprint density at radius 3 is 2.81 bits per heavy atom. The molecule has 142 valence electrons. The molecule has 27 heavy (non-hydrogen) atoms. The van der Waals surface area contributed by atoms with Crippen LogP contribution < -0.4 is 10.6 Å². The summed E-state index contributed by atoms with van der Waals surface area (Å²) in [6, 6.07) is 3.46. The molecule has 0 fully saturated rings. The van der Waals surface area contributed by atoms with Crippen molar-refractivity contribution in [1.29, 1.82) is 0 Å². The number of fused-ring (bicyclic) bond motifs is 1. The topological polar surface area (TPSA) is 95.6 Å². The molecule has 3 aromatic rings. The number of nitrogens with zero attached hydrogens (tertiary/aromatic N) is 3. The minimum atomic E-state index is -4.48. The van der Waals surface area contributed by atoms with E-state index in [1.165, 1.54) is 0 Å². The van der Waals surface area contributed by atoms with Crippen molar-refractivity contribution in [2.45, 2.75) is 12.6 Å². The molecular formula is C16H14F4N6O. The van der Waals surface area contributed by atoms with E-state index in [4.69, 9.17) is 0 Å². The first-order valence-electron chi connectivity index (χ1n) is 7.86. The number of pyridine rings is 1. The van der Waals surface area contributed by atoms with Gasteiger partial charge < -0.3 is 15.6 Å². The Bertz CT molecular complexity index is 955. The van der Waals surface area contributed by atoms with Gasteiger partial charge in [0, 0.05) is 36.3 Å². The molecule has 0 unspecified atom stereocenters. The monoisotopic (exact) mass is 382 g/mol. The van der Waals surface area contributed by atoms with Gasteiger partial charge in [0.1, 0.15) is 12.2 Å². The van der Waals surface area contributed by atoms with Crippen molar-refractivity contribution in [2.75, 3.05) is 18.4 Å². The Morgan fingerprint density at radius 1 is 1.22 bits per heavy atom. The number of hydrogen-bond donors (Lipinski definition) is 3. The van der Waals surface area contributed by atoms with E-state index in [2.05, 4.69) is 25.3 Å². The quantitative estimate of drug-likeness (QED) is 0.570. The van der Waals surface area contributed by atoms with Crippen LogP contribution in [0.15, 0.2) is 30.7 Å². The summed E-state index contributed by atoms with van der Waals surface area (Å²) in [5.41, 5.74) is 1.25. The molecule has 1 amide bonds. The van der Waals surface area contributed by atoms with Crippen LogP contribution in [0.1, 0.15) is 6.42 Å². The first-order chi connectivity index (χ1) is 12.8. The molecule has 0 aliphatic heterocycles. The number of amides is 1. The molecule has 3 rings (SSSR count). The van der Waals surface area contributed by atoms with E-state index in [0.717, 1.165) is 11.6 Å². The fraction of sp³-hybridized carbons (Fsp3) is 0.250. The van der Waals surface area contributed by atoms with Crippen LogP contribution in [-0.2, 0) is 4.79 Å². The summed E-state index contributed by atoms with van der Waals surface area (Å²) in [6.07, 6.45) is -0.521. The average Bonchev–Trinajstić information content (AvgIpc) is 3.10. The van der Waals surface area contributed by atoms with Crippen molar-refractivity contribution >= 4 is 22.8 Å². The molecule has 0 aliphatic carbocycles. The third kappa shape index (κ3) is 4.68. The maximum Gasteiger partial charge on any atom is 0.405 e. The first-order valence-corrected chi connectivity index (χ1v) is 7.86. The minimum absolute atomic E-state index is 0.0903. The lowest BCUT2D eigenvalue weighted by atomic mass is 10.2. The third-order valence-electron chi connectivity index (χ3n) is 3.58. The van der Waals surface area contributed by atoms with Gasteiger partial charge in [-0.2, -0.15) is 13.2 Å². The van der Waals surface area contributed by atoms with Gasteiger partial charge in [-0.1, -0.05) is 0 Å². The van der Waals surface area contributed by atoms with Crippen LogP contribution in [0.2, 0.25) is 0 Å². The summed E-state index contributed by atoms with van der Waals surface area (Å²) in [4.78, 5) is 26.5. The van der Waals surface area contributed by atoms with Gasteiger partial charge in [0.15, 0.2) is 17.5 Å². The fourth-order valence-electron chi connectivity index (χ4n) is 2.36. The van der Waals surface area contributed by atoms with Gasteiger partial charge in [0.2, 0.25) is 5.91 Å². The zero-order valence-electron chi connectivity index (χ0n) is 13.8. The smallest absolute Gasteiger partial charge is 0.367 e. The van der Waals surface area contributed by atoms with Crippen LogP contribution in [0.4, 0.5) is 23.4 Å². The number of H-pyrrole nitrogens is 1. The maximum absolute atomic E-state index is 13.9. The van der Waals surface area contributed by atoms with Gasteiger partial charge in [0.05, 0.1) is 6.20 Å². The Labute approximate surface area is 150 Å². The molecule has 0 spiro atoms. The zero-order valence-corrected chi connectivity index (χ0v) is 13.8. The summed E-state index contributed by atoms with van der Waals surface area (Å²) >= 11 is 0. The number of alkyl halides is 3. The number of nitrogens with one attached hydrogen (secondary N) is 3. The second-order valence-electron chi connectivity index (χ2n) is 5.56. The Hall–Kier alpha value is -3.24. The van der Waals surface area contributed by atoms with E-state index in [1.807, 2.05) is 0 Å². The van der Waals surface area contributed by atoms with E-state index < -0.39 is 24.4 Å². The SMILES string of the molecule is O=C(CCNc1nc(-c2ccnc3[nH]ccc23)ncc1F)NCC(F)(F)F. The van der Waals surface area contributed by atoms with Crippen molar-refractivity contribution in [2.24, 2.45) is 0 Å². The normalized spacial score (nSPS) is 11.6. The van der Waals surface area contributed by atoms with Crippen molar-refractivity contribution in [3.8, 4) is 11.4 Å². The number of anilines is 1. The summed E-state index contributed by atoms with van der Waals surface area (Å²) < 4.78 is 50.0. The highest BCUT2D eigenvalue weighted by Crippen LogP contribution is 2.25. The first kappa shape index (κ1) is 18.5. The van der Waals surface area contributed by atoms with Gasteiger partial charge in [-0.25, -0.2) is 19.3 Å². The molecule has 3 heterocycles. The summed E-state index contributed by atoms with van der Waals surface area (Å²) in [7, 11) is 0. The Balaban J connectivity index is 1.68. The minimum Gasteiger partial charge on any atom is -0.367 e. The number of hydrogen-bond acceptors (Lipinski definition) is 5. The summed E-state index contributed by atoms with van der Waals surface area (Å²) in [5, 5.41) is 5.09. The highest BCUT2D eigenvalue weighted by molar-refractivity contribution is 5.90. The molecule has 0 aromatic carbocycles. The molecule has 7 nitrogen and oxygen atoms in total. The molecule has 3 aromatic heterocycles. The lowest BCUT2D eigenvalue weighted by Crippen LogP contribution is -2.34. The predicted molar refractivity (Wildman–Crippen MR) is 89.2 cm³/mol. The summed E-state index contributed by atoms with van der Waals surface area (Å²) in [6.45, 7) is -1.50. The third-order valence-corrected chi connectivity index (χ3v) is 3.58. The van der Waals surface area contributed by atoms with E-state index in [1.54, 1.807) is 29.8 Å². The number of aromatic amines is 1. The van der Waals surface area contributed by atoms with E-state index in [-0.39, 0.29) is 24.6 Å². The van der Waals surface area contributed by atoms with Gasteiger partial charge >= 0.3 is 6.18 Å². The van der Waals surface area contributed by atoms with Crippen molar-refractivity contribution < 1.29 is 22.4 Å². The molecule has 3 N–H and O–H groups in total. The van der Waals surface area contributed by atoms with Gasteiger partial charge in [-0.05, 0) is 12.1 Å². The van der Waals surface area contributed by atoms with Crippen molar-refractivity contribution in [3.63, 3.8) is 0 Å². The number of halogens is 4. The second-order valence-corrected chi connectivity index (χ2v) is 5.56. The lowest BCUT2D eigenvalue weighted by Gasteiger charge is -2.10. The highest BCUT2D eigenvalue weighted by atomic mass is 19.4. The second kappa shape index (κ2) is 7.56. The number of aromatic nitrogens is 4. The Kier molecular flexibility index (Phi) is 5.19. The molecule has 0 aliphatic rings. The van der Waals surface area contributed by atoms with Gasteiger partial charge in [-0.3, -0.25) is 4.79 Å². The average molecular weight is 382 g/mol. The van der Waals surface area contributed by atoms with E-state index >= 15 is 0 Å². The van der Waals surface area contributed by atoms with Crippen LogP contribution >= 0.6 is 0 Å². The molecule has 11 heteroatoms. The standard InChI is InChI=1S/C16H14F4N6O/c17-11-7-24-14(10-2-5-22-13-9(10)1-4-21-13)26-15(11)23-6-3-12(27)25-8-16(18,19)20/h1-2,4-5,7H,3,6,8H2,(H,21,22)(H,25,27)(H,23,24,26). The van der Waals surface area contributed by atoms with Crippen LogP contribution in [0.25, 0.3) is 22.4 Å².